The number of hydrogen-bond acceptors (Lipinski definition) is 5. The first-order chi connectivity index (χ1) is 12.9. The monoisotopic (exact) mass is 366 g/mol. The number of nitro benzene ring substituents is 1. The van der Waals surface area contributed by atoms with Crippen molar-refractivity contribution < 1.29 is 14.5 Å². The molecule has 0 unspecified atom stereocenters. The van der Waals surface area contributed by atoms with Crippen molar-refractivity contribution in [3.63, 3.8) is 0 Å². The Morgan fingerprint density at radius 3 is 2.59 bits per heavy atom. The maximum Gasteiger partial charge on any atom is 0.269 e. The minimum Gasteiger partial charge on any atom is -0.457 e. The quantitative estimate of drug-likeness (QED) is 0.533. The number of rotatable bonds is 6. The molecule has 0 spiro atoms. The summed E-state index contributed by atoms with van der Waals surface area (Å²) >= 11 is 0. The van der Waals surface area contributed by atoms with Crippen LogP contribution < -0.4 is 10.1 Å². The fourth-order valence-corrected chi connectivity index (χ4v) is 2.59. The molecule has 1 amide bonds. The molecule has 1 heterocycles. The van der Waals surface area contributed by atoms with Crippen molar-refractivity contribution in [3.8, 4) is 11.5 Å². The Labute approximate surface area is 155 Å². The molecule has 0 saturated heterocycles. The van der Waals surface area contributed by atoms with Crippen LogP contribution in [0.5, 0.6) is 11.5 Å². The van der Waals surface area contributed by atoms with Gasteiger partial charge in [0.2, 0.25) is 0 Å². The van der Waals surface area contributed by atoms with Crippen molar-refractivity contribution in [2.24, 2.45) is 7.05 Å². The Hall–Kier alpha value is -3.68. The standard InChI is InChI=1S/C19H18N4O4/c1-13-18(12-22(2)21-13)19(24)20-11-14-4-3-5-17(10-14)27-16-8-6-15(7-9-16)23(25)26/h3-10,12H,11H2,1-2H3,(H,20,24). The lowest BCUT2D eigenvalue weighted by Gasteiger charge is -2.08. The summed E-state index contributed by atoms with van der Waals surface area (Å²) < 4.78 is 7.32. The lowest BCUT2D eigenvalue weighted by Crippen LogP contribution is -2.23. The van der Waals surface area contributed by atoms with E-state index in [-0.39, 0.29) is 11.6 Å². The smallest absolute Gasteiger partial charge is 0.269 e. The Bertz CT molecular complexity index is 980. The number of aryl methyl sites for hydroxylation is 2. The molecule has 138 valence electrons. The Kier molecular flexibility index (Phi) is 5.16. The van der Waals surface area contributed by atoms with Gasteiger partial charge >= 0.3 is 0 Å². The molecule has 0 radical (unpaired) electrons. The summed E-state index contributed by atoms with van der Waals surface area (Å²) in [5.41, 5.74) is 2.08. The lowest BCUT2D eigenvalue weighted by atomic mass is 10.2. The van der Waals surface area contributed by atoms with Crippen LogP contribution in [0.2, 0.25) is 0 Å². The van der Waals surface area contributed by atoms with Gasteiger partial charge in [0.15, 0.2) is 0 Å². The van der Waals surface area contributed by atoms with Gasteiger partial charge in [0, 0.05) is 31.9 Å². The van der Waals surface area contributed by atoms with Gasteiger partial charge in [-0.2, -0.15) is 5.10 Å². The van der Waals surface area contributed by atoms with E-state index in [2.05, 4.69) is 10.4 Å². The highest BCUT2D eigenvalue weighted by atomic mass is 16.6. The minimum absolute atomic E-state index is 0.00417. The maximum absolute atomic E-state index is 12.3. The first-order valence-corrected chi connectivity index (χ1v) is 8.22. The molecule has 8 nitrogen and oxygen atoms in total. The summed E-state index contributed by atoms with van der Waals surface area (Å²) in [5.74, 6) is 0.878. The molecular weight excluding hydrogens is 348 g/mol. The topological polar surface area (TPSA) is 99.3 Å². The van der Waals surface area contributed by atoms with E-state index in [1.165, 1.54) is 24.3 Å². The Morgan fingerprint density at radius 1 is 1.22 bits per heavy atom. The Balaban J connectivity index is 1.64. The SMILES string of the molecule is Cc1nn(C)cc1C(=O)NCc1cccc(Oc2ccc([N+](=O)[O-])cc2)c1. The molecule has 0 saturated carbocycles. The molecule has 1 N–H and O–H groups in total. The molecular formula is C19H18N4O4. The van der Waals surface area contributed by atoms with E-state index >= 15 is 0 Å². The number of amides is 1. The molecule has 0 aliphatic carbocycles. The third kappa shape index (κ3) is 4.49. The van der Waals surface area contributed by atoms with E-state index in [0.717, 1.165) is 5.56 Å². The summed E-state index contributed by atoms with van der Waals surface area (Å²) in [6, 6.07) is 13.1. The number of ether oxygens (including phenoxy) is 1. The zero-order valence-electron chi connectivity index (χ0n) is 14.9. The fraction of sp³-hybridized carbons (Fsp3) is 0.158. The van der Waals surface area contributed by atoms with Gasteiger partial charge in [0.05, 0.1) is 16.2 Å². The van der Waals surface area contributed by atoms with Gasteiger partial charge in [0.1, 0.15) is 11.5 Å². The number of aromatic nitrogens is 2. The normalized spacial score (nSPS) is 10.4. The molecule has 2 aromatic carbocycles. The van der Waals surface area contributed by atoms with E-state index in [1.54, 1.807) is 37.0 Å². The van der Waals surface area contributed by atoms with Crippen LogP contribution in [0.3, 0.4) is 0 Å². The van der Waals surface area contributed by atoms with Crippen molar-refractivity contribution in [1.29, 1.82) is 0 Å². The molecule has 0 aliphatic heterocycles. The minimum atomic E-state index is -0.461. The number of carbonyl (C=O) groups excluding carboxylic acids is 1. The second-order valence-corrected chi connectivity index (χ2v) is 5.99. The second kappa shape index (κ2) is 7.69. The van der Waals surface area contributed by atoms with E-state index in [0.29, 0.717) is 29.3 Å². The van der Waals surface area contributed by atoms with Gasteiger partial charge in [-0.1, -0.05) is 12.1 Å². The van der Waals surface area contributed by atoms with Crippen LogP contribution in [0, 0.1) is 17.0 Å². The third-order valence-electron chi connectivity index (χ3n) is 3.89. The maximum atomic E-state index is 12.3. The number of hydrogen-bond donors (Lipinski definition) is 1. The fourth-order valence-electron chi connectivity index (χ4n) is 2.59. The van der Waals surface area contributed by atoms with Gasteiger partial charge in [0.25, 0.3) is 11.6 Å². The average molecular weight is 366 g/mol. The van der Waals surface area contributed by atoms with Crippen LogP contribution in [0.25, 0.3) is 0 Å². The Morgan fingerprint density at radius 2 is 1.96 bits per heavy atom. The predicted octanol–water partition coefficient (Wildman–Crippen LogP) is 3.36. The zero-order valence-corrected chi connectivity index (χ0v) is 14.9. The van der Waals surface area contributed by atoms with Gasteiger partial charge in [-0.3, -0.25) is 19.6 Å². The van der Waals surface area contributed by atoms with E-state index in [4.69, 9.17) is 4.74 Å². The first kappa shape index (κ1) is 18.1. The number of nitrogens with one attached hydrogen (secondary N) is 1. The van der Waals surface area contributed by atoms with Crippen LogP contribution in [0.1, 0.15) is 21.6 Å². The average Bonchev–Trinajstić information content (AvgIpc) is 2.99. The number of carbonyl (C=O) groups is 1. The van der Waals surface area contributed by atoms with Crippen LogP contribution in [-0.4, -0.2) is 20.6 Å². The summed E-state index contributed by atoms with van der Waals surface area (Å²) in [6.45, 7) is 2.12. The van der Waals surface area contributed by atoms with Crippen molar-refractivity contribution in [2.45, 2.75) is 13.5 Å². The van der Waals surface area contributed by atoms with E-state index in [9.17, 15) is 14.9 Å². The van der Waals surface area contributed by atoms with Crippen molar-refractivity contribution in [1.82, 2.24) is 15.1 Å². The number of nitrogens with zero attached hydrogens (tertiary/aromatic N) is 3. The van der Waals surface area contributed by atoms with Crippen LogP contribution >= 0.6 is 0 Å². The highest BCUT2D eigenvalue weighted by Gasteiger charge is 2.12. The van der Waals surface area contributed by atoms with Crippen LogP contribution in [0.15, 0.2) is 54.7 Å². The molecule has 0 atom stereocenters. The van der Waals surface area contributed by atoms with Gasteiger partial charge < -0.3 is 10.1 Å². The summed E-state index contributed by atoms with van der Waals surface area (Å²) in [6.07, 6.45) is 1.68. The van der Waals surface area contributed by atoms with Gasteiger partial charge in [-0.05, 0) is 36.8 Å². The molecule has 1 aromatic heterocycles. The van der Waals surface area contributed by atoms with Gasteiger partial charge in [-0.15, -0.1) is 0 Å². The molecule has 8 heteroatoms. The highest BCUT2D eigenvalue weighted by Crippen LogP contribution is 2.24. The summed E-state index contributed by atoms with van der Waals surface area (Å²) in [5, 5.41) is 17.7. The number of benzene rings is 2. The molecule has 0 fully saturated rings. The number of nitro groups is 1. The largest absolute Gasteiger partial charge is 0.457 e. The van der Waals surface area contributed by atoms with Crippen LogP contribution in [-0.2, 0) is 13.6 Å². The molecule has 3 aromatic rings. The third-order valence-corrected chi connectivity index (χ3v) is 3.89. The lowest BCUT2D eigenvalue weighted by molar-refractivity contribution is -0.384. The highest BCUT2D eigenvalue weighted by molar-refractivity contribution is 5.94. The number of non-ortho nitro benzene ring substituents is 1. The first-order valence-electron chi connectivity index (χ1n) is 8.22. The molecule has 0 aliphatic rings. The van der Waals surface area contributed by atoms with Crippen molar-refractivity contribution in [3.05, 3.63) is 81.7 Å². The van der Waals surface area contributed by atoms with E-state index in [1.807, 2.05) is 12.1 Å². The second-order valence-electron chi connectivity index (χ2n) is 5.99. The summed E-state index contributed by atoms with van der Waals surface area (Å²) in [4.78, 5) is 22.5. The summed E-state index contributed by atoms with van der Waals surface area (Å²) in [7, 11) is 1.77. The van der Waals surface area contributed by atoms with Crippen molar-refractivity contribution in [2.75, 3.05) is 0 Å². The van der Waals surface area contributed by atoms with Crippen molar-refractivity contribution >= 4 is 11.6 Å². The zero-order chi connectivity index (χ0) is 19.4. The molecule has 3 rings (SSSR count). The molecule has 27 heavy (non-hydrogen) atoms. The predicted molar refractivity (Wildman–Crippen MR) is 98.7 cm³/mol. The van der Waals surface area contributed by atoms with E-state index < -0.39 is 4.92 Å². The molecule has 0 bridgehead atoms. The van der Waals surface area contributed by atoms with Gasteiger partial charge in [-0.25, -0.2) is 0 Å². The van der Waals surface area contributed by atoms with Crippen LogP contribution in [0.4, 0.5) is 5.69 Å².